The molecule has 0 radical (unpaired) electrons. The number of aliphatic hydroxyl groups excluding tert-OH is 1. The van der Waals surface area contributed by atoms with Gasteiger partial charge < -0.3 is 5.11 Å². The monoisotopic (exact) mass is 169 g/mol. The van der Waals surface area contributed by atoms with Crippen LogP contribution in [0.25, 0.3) is 0 Å². The van der Waals surface area contributed by atoms with Crippen molar-refractivity contribution in [1.29, 1.82) is 0 Å². The van der Waals surface area contributed by atoms with Gasteiger partial charge in [-0.15, -0.1) is 12.3 Å². The molecule has 0 unspecified atom stereocenters. The number of unbranched alkanes of at least 4 members (excludes halogenated alkanes) is 1. The van der Waals surface area contributed by atoms with Crippen LogP contribution < -0.4 is 0 Å². The van der Waals surface area contributed by atoms with Gasteiger partial charge in [-0.05, 0) is 26.8 Å². The Hall–Kier alpha value is -0.520. The van der Waals surface area contributed by atoms with Crippen molar-refractivity contribution in [3.63, 3.8) is 0 Å². The van der Waals surface area contributed by atoms with E-state index in [4.69, 9.17) is 11.5 Å². The molecule has 12 heavy (non-hydrogen) atoms. The van der Waals surface area contributed by atoms with Gasteiger partial charge in [-0.25, -0.2) is 0 Å². The molecule has 0 aliphatic carbocycles. The minimum atomic E-state index is 0.230. The Balaban J connectivity index is 3.57. The van der Waals surface area contributed by atoms with Gasteiger partial charge in [0.15, 0.2) is 0 Å². The second-order valence-electron chi connectivity index (χ2n) is 3.16. The third-order valence-electron chi connectivity index (χ3n) is 1.88. The number of aliphatic hydroxyl groups is 1. The SMILES string of the molecule is C#CCCCN(CCO)C(C)C. The predicted octanol–water partition coefficient (Wildman–Crippen LogP) is 1.10. The van der Waals surface area contributed by atoms with Crippen molar-refractivity contribution < 1.29 is 5.11 Å². The lowest BCUT2D eigenvalue weighted by Crippen LogP contribution is -2.34. The zero-order valence-corrected chi connectivity index (χ0v) is 8.08. The van der Waals surface area contributed by atoms with Crippen LogP contribution in [0.1, 0.15) is 26.7 Å². The highest BCUT2D eigenvalue weighted by atomic mass is 16.3. The highest BCUT2D eigenvalue weighted by molar-refractivity contribution is 4.83. The molecule has 0 rings (SSSR count). The molecule has 0 aliphatic heterocycles. The summed E-state index contributed by atoms with van der Waals surface area (Å²) < 4.78 is 0. The summed E-state index contributed by atoms with van der Waals surface area (Å²) in [5.74, 6) is 2.61. The van der Waals surface area contributed by atoms with E-state index in [1.54, 1.807) is 0 Å². The Bertz CT molecular complexity index is 137. The highest BCUT2D eigenvalue weighted by Crippen LogP contribution is 2.00. The van der Waals surface area contributed by atoms with E-state index in [9.17, 15) is 0 Å². The maximum absolute atomic E-state index is 8.76. The summed E-state index contributed by atoms with van der Waals surface area (Å²) in [5.41, 5.74) is 0. The van der Waals surface area contributed by atoms with Crippen molar-refractivity contribution >= 4 is 0 Å². The number of hydrogen-bond donors (Lipinski definition) is 1. The van der Waals surface area contributed by atoms with E-state index in [1.165, 1.54) is 0 Å². The molecule has 0 fully saturated rings. The lowest BCUT2D eigenvalue weighted by molar-refractivity contribution is 0.165. The van der Waals surface area contributed by atoms with E-state index < -0.39 is 0 Å². The first-order valence-corrected chi connectivity index (χ1v) is 4.50. The normalized spacial score (nSPS) is 10.7. The molecular weight excluding hydrogens is 150 g/mol. The number of terminal acetylenes is 1. The number of rotatable bonds is 6. The first-order valence-electron chi connectivity index (χ1n) is 4.50. The zero-order valence-electron chi connectivity index (χ0n) is 8.08. The molecule has 0 saturated heterocycles. The van der Waals surface area contributed by atoms with Gasteiger partial charge in [0.1, 0.15) is 0 Å². The fourth-order valence-corrected chi connectivity index (χ4v) is 1.14. The standard InChI is InChI=1S/C10H19NO/c1-4-5-6-7-11(8-9-12)10(2)3/h1,10,12H,5-9H2,2-3H3. The summed E-state index contributed by atoms with van der Waals surface area (Å²) in [5, 5.41) is 8.76. The van der Waals surface area contributed by atoms with Crippen LogP contribution in [0, 0.1) is 12.3 Å². The van der Waals surface area contributed by atoms with Crippen LogP contribution in [0.2, 0.25) is 0 Å². The fourth-order valence-electron chi connectivity index (χ4n) is 1.14. The van der Waals surface area contributed by atoms with Gasteiger partial charge in [0, 0.05) is 19.0 Å². The first kappa shape index (κ1) is 11.5. The molecule has 70 valence electrons. The molecular formula is C10H19NO. The van der Waals surface area contributed by atoms with E-state index >= 15 is 0 Å². The van der Waals surface area contributed by atoms with Gasteiger partial charge in [-0.3, -0.25) is 4.90 Å². The summed E-state index contributed by atoms with van der Waals surface area (Å²) in [4.78, 5) is 2.23. The minimum absolute atomic E-state index is 0.230. The maximum atomic E-state index is 8.76. The molecule has 2 heteroatoms. The van der Waals surface area contributed by atoms with Crippen LogP contribution in [0.15, 0.2) is 0 Å². The fraction of sp³-hybridized carbons (Fsp3) is 0.800. The molecule has 0 spiro atoms. The van der Waals surface area contributed by atoms with Crippen molar-refractivity contribution in [3.8, 4) is 12.3 Å². The van der Waals surface area contributed by atoms with Crippen LogP contribution >= 0.6 is 0 Å². The van der Waals surface area contributed by atoms with Crippen LogP contribution in [0.5, 0.6) is 0 Å². The molecule has 0 aromatic heterocycles. The Morgan fingerprint density at radius 1 is 1.42 bits per heavy atom. The van der Waals surface area contributed by atoms with Crippen molar-refractivity contribution in [3.05, 3.63) is 0 Å². The summed E-state index contributed by atoms with van der Waals surface area (Å²) in [6.45, 7) is 6.23. The maximum Gasteiger partial charge on any atom is 0.0558 e. The van der Waals surface area contributed by atoms with Crippen LogP contribution in [-0.2, 0) is 0 Å². The Labute approximate surface area is 75.6 Å². The van der Waals surface area contributed by atoms with Crippen molar-refractivity contribution in [1.82, 2.24) is 4.90 Å². The Kier molecular flexibility index (Phi) is 6.84. The third-order valence-corrected chi connectivity index (χ3v) is 1.88. The summed E-state index contributed by atoms with van der Waals surface area (Å²) in [6.07, 6.45) is 7.00. The summed E-state index contributed by atoms with van der Waals surface area (Å²) in [7, 11) is 0. The lowest BCUT2D eigenvalue weighted by Gasteiger charge is -2.24. The van der Waals surface area contributed by atoms with Gasteiger partial charge in [0.2, 0.25) is 0 Å². The van der Waals surface area contributed by atoms with Gasteiger partial charge in [0.25, 0.3) is 0 Å². The second kappa shape index (κ2) is 7.15. The van der Waals surface area contributed by atoms with E-state index in [-0.39, 0.29) is 6.61 Å². The molecule has 0 bridgehead atoms. The largest absolute Gasteiger partial charge is 0.395 e. The molecule has 0 aromatic carbocycles. The third kappa shape index (κ3) is 5.17. The quantitative estimate of drug-likeness (QED) is 0.475. The van der Waals surface area contributed by atoms with Gasteiger partial charge in [0.05, 0.1) is 6.61 Å². The molecule has 0 aromatic rings. The van der Waals surface area contributed by atoms with Gasteiger partial charge in [-0.2, -0.15) is 0 Å². The predicted molar refractivity (Wildman–Crippen MR) is 51.9 cm³/mol. The number of nitrogens with zero attached hydrogens (tertiary/aromatic N) is 1. The minimum Gasteiger partial charge on any atom is -0.395 e. The average Bonchev–Trinajstić information content (AvgIpc) is 2.03. The average molecular weight is 169 g/mol. The van der Waals surface area contributed by atoms with Crippen LogP contribution in [0.3, 0.4) is 0 Å². The van der Waals surface area contributed by atoms with Crippen molar-refractivity contribution in [2.75, 3.05) is 19.7 Å². The van der Waals surface area contributed by atoms with Crippen LogP contribution in [0.4, 0.5) is 0 Å². The van der Waals surface area contributed by atoms with Crippen molar-refractivity contribution in [2.45, 2.75) is 32.7 Å². The van der Waals surface area contributed by atoms with E-state index in [0.717, 1.165) is 25.9 Å². The summed E-state index contributed by atoms with van der Waals surface area (Å²) in [6, 6.07) is 0.495. The Morgan fingerprint density at radius 3 is 2.50 bits per heavy atom. The molecule has 1 N–H and O–H groups in total. The second-order valence-corrected chi connectivity index (χ2v) is 3.16. The van der Waals surface area contributed by atoms with Crippen molar-refractivity contribution in [2.24, 2.45) is 0 Å². The molecule has 2 nitrogen and oxygen atoms in total. The summed E-state index contributed by atoms with van der Waals surface area (Å²) >= 11 is 0. The van der Waals surface area contributed by atoms with E-state index in [1.807, 2.05) is 0 Å². The highest BCUT2D eigenvalue weighted by Gasteiger charge is 2.06. The lowest BCUT2D eigenvalue weighted by atomic mass is 10.2. The molecule has 0 aliphatic rings. The first-order chi connectivity index (χ1) is 5.72. The topological polar surface area (TPSA) is 23.5 Å². The van der Waals surface area contributed by atoms with Crippen LogP contribution in [-0.4, -0.2) is 35.7 Å². The van der Waals surface area contributed by atoms with Gasteiger partial charge >= 0.3 is 0 Å². The zero-order chi connectivity index (χ0) is 9.40. The molecule has 0 amide bonds. The molecule has 0 saturated carbocycles. The van der Waals surface area contributed by atoms with Gasteiger partial charge in [-0.1, -0.05) is 0 Å². The molecule has 0 atom stereocenters. The molecule has 0 heterocycles. The Morgan fingerprint density at radius 2 is 2.08 bits per heavy atom. The smallest absolute Gasteiger partial charge is 0.0558 e. The number of hydrogen-bond acceptors (Lipinski definition) is 2. The van der Waals surface area contributed by atoms with E-state index in [2.05, 4.69) is 24.7 Å². The van der Waals surface area contributed by atoms with E-state index in [0.29, 0.717) is 6.04 Å².